The maximum atomic E-state index is 5.34. The van der Waals surface area contributed by atoms with Crippen molar-refractivity contribution in [1.29, 1.82) is 0 Å². The molecule has 0 spiro atoms. The summed E-state index contributed by atoms with van der Waals surface area (Å²) in [6, 6.07) is 0. The standard InChI is InChI=1S/C11H23NS2/c1-4-7-8-9-10-14-11(13)12(5-2)6-3/h4-10H2,1-3H3. The summed E-state index contributed by atoms with van der Waals surface area (Å²) in [7, 11) is 0. The van der Waals surface area contributed by atoms with Crippen LogP contribution in [-0.4, -0.2) is 28.1 Å². The van der Waals surface area contributed by atoms with Crippen LogP contribution >= 0.6 is 24.0 Å². The third kappa shape index (κ3) is 6.66. The molecule has 14 heavy (non-hydrogen) atoms. The second kappa shape index (κ2) is 9.78. The lowest BCUT2D eigenvalue weighted by Gasteiger charge is -2.20. The minimum Gasteiger partial charge on any atom is -0.358 e. The molecule has 0 amide bonds. The van der Waals surface area contributed by atoms with Gasteiger partial charge < -0.3 is 4.90 Å². The van der Waals surface area contributed by atoms with Crippen molar-refractivity contribution in [3.8, 4) is 0 Å². The summed E-state index contributed by atoms with van der Waals surface area (Å²) in [5, 5.41) is 0. The largest absolute Gasteiger partial charge is 0.358 e. The highest BCUT2D eigenvalue weighted by atomic mass is 32.2. The van der Waals surface area contributed by atoms with Gasteiger partial charge >= 0.3 is 0 Å². The highest BCUT2D eigenvalue weighted by Crippen LogP contribution is 2.12. The van der Waals surface area contributed by atoms with E-state index in [1.165, 1.54) is 31.4 Å². The number of thioether (sulfide) groups is 1. The van der Waals surface area contributed by atoms with Gasteiger partial charge in [0.05, 0.1) is 0 Å². The minimum atomic E-state index is 1.04. The fraction of sp³-hybridized carbons (Fsp3) is 0.909. The van der Waals surface area contributed by atoms with Gasteiger partial charge in [-0.25, -0.2) is 0 Å². The zero-order valence-electron chi connectivity index (χ0n) is 9.71. The lowest BCUT2D eigenvalue weighted by Crippen LogP contribution is -2.26. The smallest absolute Gasteiger partial charge is 0.136 e. The van der Waals surface area contributed by atoms with Crippen molar-refractivity contribution in [3.63, 3.8) is 0 Å². The van der Waals surface area contributed by atoms with Gasteiger partial charge in [-0.15, -0.1) is 0 Å². The van der Waals surface area contributed by atoms with Gasteiger partial charge in [-0.3, -0.25) is 0 Å². The lowest BCUT2D eigenvalue weighted by atomic mass is 10.2. The predicted octanol–water partition coefficient (Wildman–Crippen LogP) is 3.93. The van der Waals surface area contributed by atoms with Crippen LogP contribution in [0.3, 0.4) is 0 Å². The predicted molar refractivity (Wildman–Crippen MR) is 72.1 cm³/mol. The Hall–Kier alpha value is 0.240. The summed E-state index contributed by atoms with van der Waals surface area (Å²) in [5.74, 6) is 1.19. The first-order valence-electron chi connectivity index (χ1n) is 5.67. The molecule has 0 N–H and O–H groups in total. The molecule has 0 aromatic carbocycles. The first-order valence-corrected chi connectivity index (χ1v) is 7.07. The monoisotopic (exact) mass is 233 g/mol. The molecule has 0 fully saturated rings. The summed E-state index contributed by atoms with van der Waals surface area (Å²) in [5.41, 5.74) is 0. The van der Waals surface area contributed by atoms with Crippen LogP contribution in [0.5, 0.6) is 0 Å². The minimum absolute atomic E-state index is 1.04. The molecule has 0 aliphatic carbocycles. The molecule has 0 aromatic heterocycles. The molecule has 0 bridgehead atoms. The summed E-state index contributed by atoms with van der Waals surface area (Å²) in [6.45, 7) is 8.64. The maximum absolute atomic E-state index is 5.34. The first kappa shape index (κ1) is 14.2. The molecule has 0 radical (unpaired) electrons. The topological polar surface area (TPSA) is 3.24 Å². The van der Waals surface area contributed by atoms with Gasteiger partial charge in [0.1, 0.15) is 4.32 Å². The van der Waals surface area contributed by atoms with E-state index in [2.05, 4.69) is 25.7 Å². The number of unbranched alkanes of at least 4 members (excludes halogenated alkanes) is 3. The van der Waals surface area contributed by atoms with Gasteiger partial charge in [0.25, 0.3) is 0 Å². The molecule has 0 saturated heterocycles. The maximum Gasteiger partial charge on any atom is 0.136 e. The van der Waals surface area contributed by atoms with E-state index in [0.717, 1.165) is 17.4 Å². The van der Waals surface area contributed by atoms with Crippen molar-refractivity contribution in [1.82, 2.24) is 4.90 Å². The van der Waals surface area contributed by atoms with E-state index < -0.39 is 0 Å². The molecule has 0 atom stereocenters. The van der Waals surface area contributed by atoms with Crippen LogP contribution in [-0.2, 0) is 0 Å². The third-order valence-corrected chi connectivity index (χ3v) is 3.85. The number of nitrogens with zero attached hydrogens (tertiary/aromatic N) is 1. The van der Waals surface area contributed by atoms with E-state index in [9.17, 15) is 0 Å². The lowest BCUT2D eigenvalue weighted by molar-refractivity contribution is 0.482. The summed E-state index contributed by atoms with van der Waals surface area (Å²) in [4.78, 5) is 2.25. The molecule has 0 aromatic rings. The number of hydrogen-bond donors (Lipinski definition) is 0. The molecule has 0 unspecified atom stereocenters. The summed E-state index contributed by atoms with van der Waals surface area (Å²) in [6.07, 6.45) is 5.33. The van der Waals surface area contributed by atoms with Crippen molar-refractivity contribution in [2.45, 2.75) is 46.5 Å². The van der Waals surface area contributed by atoms with Gasteiger partial charge in [-0.2, -0.15) is 0 Å². The second-order valence-electron chi connectivity index (χ2n) is 3.35. The van der Waals surface area contributed by atoms with Gasteiger partial charge in [-0.05, 0) is 20.3 Å². The zero-order chi connectivity index (χ0) is 10.8. The van der Waals surface area contributed by atoms with Crippen molar-refractivity contribution < 1.29 is 0 Å². The quantitative estimate of drug-likeness (QED) is 0.484. The SMILES string of the molecule is CCCCCCSC(=S)N(CC)CC. The van der Waals surface area contributed by atoms with Gasteiger partial charge in [0, 0.05) is 18.8 Å². The van der Waals surface area contributed by atoms with Gasteiger partial charge in [-0.1, -0.05) is 50.2 Å². The molecule has 0 heterocycles. The number of thiocarbonyl (C=S) groups is 1. The van der Waals surface area contributed by atoms with E-state index in [1.807, 2.05) is 11.8 Å². The molecule has 3 heteroatoms. The molecule has 0 saturated carbocycles. The van der Waals surface area contributed by atoms with Crippen LogP contribution in [0.25, 0.3) is 0 Å². The highest BCUT2D eigenvalue weighted by molar-refractivity contribution is 8.22. The fourth-order valence-corrected chi connectivity index (χ4v) is 2.73. The Morgan fingerprint density at radius 3 is 2.21 bits per heavy atom. The van der Waals surface area contributed by atoms with Crippen molar-refractivity contribution >= 4 is 28.3 Å². The normalized spacial score (nSPS) is 10.2. The van der Waals surface area contributed by atoms with Gasteiger partial charge in [0.15, 0.2) is 0 Å². The Morgan fingerprint density at radius 1 is 1.07 bits per heavy atom. The van der Waals surface area contributed by atoms with Crippen LogP contribution in [0.4, 0.5) is 0 Å². The van der Waals surface area contributed by atoms with E-state index in [-0.39, 0.29) is 0 Å². The molecular formula is C11H23NS2. The Kier molecular flexibility index (Phi) is 9.95. The molecule has 1 nitrogen and oxygen atoms in total. The number of rotatable bonds is 7. The summed E-state index contributed by atoms with van der Waals surface area (Å²) < 4.78 is 1.08. The third-order valence-electron chi connectivity index (χ3n) is 2.25. The van der Waals surface area contributed by atoms with Crippen LogP contribution in [0, 0.1) is 0 Å². The van der Waals surface area contributed by atoms with E-state index in [1.54, 1.807) is 0 Å². The van der Waals surface area contributed by atoms with Crippen molar-refractivity contribution in [3.05, 3.63) is 0 Å². The Balaban J connectivity index is 3.43. The van der Waals surface area contributed by atoms with Crippen LogP contribution in [0.1, 0.15) is 46.5 Å². The Bertz CT molecular complexity index is 144. The van der Waals surface area contributed by atoms with E-state index in [4.69, 9.17) is 12.2 Å². The van der Waals surface area contributed by atoms with Crippen molar-refractivity contribution in [2.24, 2.45) is 0 Å². The number of hydrogen-bond acceptors (Lipinski definition) is 2. The molecule has 0 rings (SSSR count). The van der Waals surface area contributed by atoms with Crippen molar-refractivity contribution in [2.75, 3.05) is 18.8 Å². The molecular weight excluding hydrogens is 210 g/mol. The molecule has 0 aliphatic rings. The van der Waals surface area contributed by atoms with Crippen LogP contribution in [0.15, 0.2) is 0 Å². The van der Waals surface area contributed by atoms with Crippen LogP contribution in [0.2, 0.25) is 0 Å². The summed E-state index contributed by atoms with van der Waals surface area (Å²) >= 11 is 7.18. The zero-order valence-corrected chi connectivity index (χ0v) is 11.3. The fourth-order valence-electron chi connectivity index (χ4n) is 1.26. The Morgan fingerprint density at radius 2 is 1.71 bits per heavy atom. The van der Waals surface area contributed by atoms with Crippen LogP contribution < -0.4 is 0 Å². The molecule has 84 valence electrons. The molecule has 0 aliphatic heterocycles. The van der Waals surface area contributed by atoms with E-state index >= 15 is 0 Å². The average Bonchev–Trinajstić information content (AvgIpc) is 2.19. The Labute approximate surface area is 98.6 Å². The van der Waals surface area contributed by atoms with Gasteiger partial charge in [0.2, 0.25) is 0 Å². The average molecular weight is 233 g/mol. The first-order chi connectivity index (χ1) is 6.76. The second-order valence-corrected chi connectivity index (χ2v) is 5.08. The van der Waals surface area contributed by atoms with E-state index in [0.29, 0.717) is 0 Å². The highest BCUT2D eigenvalue weighted by Gasteiger charge is 2.04.